The SMILES string of the molecule is CN(C)S(=O)(=O)c1ccc2c(c1)CCN2S(=O)(=O)c1ccc2c(c1)OCCO2. The maximum atomic E-state index is 13.2. The number of rotatable bonds is 4. The van der Waals surface area contributed by atoms with E-state index < -0.39 is 20.0 Å². The molecule has 10 heteroatoms. The van der Waals surface area contributed by atoms with Crippen molar-refractivity contribution < 1.29 is 26.3 Å². The second kappa shape index (κ2) is 6.64. The van der Waals surface area contributed by atoms with Crippen LogP contribution in [0, 0.1) is 0 Å². The number of ether oxygens (including phenoxy) is 2. The van der Waals surface area contributed by atoms with Gasteiger partial charge < -0.3 is 9.47 Å². The highest BCUT2D eigenvalue weighted by Gasteiger charge is 2.33. The molecule has 0 N–H and O–H groups in total. The lowest BCUT2D eigenvalue weighted by Crippen LogP contribution is -2.29. The van der Waals surface area contributed by atoms with Crippen LogP contribution in [0.4, 0.5) is 5.69 Å². The molecule has 0 atom stereocenters. The lowest BCUT2D eigenvalue weighted by Gasteiger charge is -2.22. The van der Waals surface area contributed by atoms with Crippen molar-refractivity contribution in [1.29, 1.82) is 0 Å². The normalized spacial score (nSPS) is 16.3. The third-order valence-corrected chi connectivity index (χ3v) is 8.40. The highest BCUT2D eigenvalue weighted by molar-refractivity contribution is 7.92. The minimum Gasteiger partial charge on any atom is -0.486 e. The summed E-state index contributed by atoms with van der Waals surface area (Å²) in [5.41, 5.74) is 1.18. The van der Waals surface area contributed by atoms with E-state index in [0.717, 1.165) is 4.31 Å². The Morgan fingerprint density at radius 2 is 1.57 bits per heavy atom. The molecule has 0 aromatic heterocycles. The van der Waals surface area contributed by atoms with Gasteiger partial charge in [-0.15, -0.1) is 0 Å². The van der Waals surface area contributed by atoms with Crippen LogP contribution in [0.25, 0.3) is 0 Å². The van der Waals surface area contributed by atoms with Crippen LogP contribution in [0.1, 0.15) is 5.56 Å². The Kier molecular flexibility index (Phi) is 4.52. The van der Waals surface area contributed by atoms with Crippen LogP contribution in [-0.4, -0.2) is 55.0 Å². The summed E-state index contributed by atoms with van der Waals surface area (Å²) >= 11 is 0. The Morgan fingerprint density at radius 1 is 0.893 bits per heavy atom. The van der Waals surface area contributed by atoms with Crippen molar-refractivity contribution in [3.05, 3.63) is 42.0 Å². The van der Waals surface area contributed by atoms with E-state index in [1.807, 2.05) is 0 Å². The molecule has 8 nitrogen and oxygen atoms in total. The Hall–Kier alpha value is -2.30. The molecule has 0 saturated carbocycles. The maximum Gasteiger partial charge on any atom is 0.264 e. The molecule has 28 heavy (non-hydrogen) atoms. The van der Waals surface area contributed by atoms with Gasteiger partial charge in [0, 0.05) is 26.7 Å². The molecule has 0 aliphatic carbocycles. The largest absolute Gasteiger partial charge is 0.486 e. The summed E-state index contributed by atoms with van der Waals surface area (Å²) < 4.78 is 64.4. The number of nitrogens with zero attached hydrogens (tertiary/aromatic N) is 2. The van der Waals surface area contributed by atoms with Crippen LogP contribution >= 0.6 is 0 Å². The molecule has 0 saturated heterocycles. The molecule has 0 spiro atoms. The Labute approximate surface area is 164 Å². The van der Waals surface area contributed by atoms with Crippen LogP contribution in [0.15, 0.2) is 46.2 Å². The van der Waals surface area contributed by atoms with Crippen molar-refractivity contribution >= 4 is 25.7 Å². The zero-order valence-electron chi connectivity index (χ0n) is 15.5. The third kappa shape index (κ3) is 3.01. The molecular weight excluding hydrogens is 404 g/mol. The maximum absolute atomic E-state index is 13.2. The van der Waals surface area contributed by atoms with Gasteiger partial charge in [0.05, 0.1) is 15.5 Å². The van der Waals surface area contributed by atoms with E-state index >= 15 is 0 Å². The smallest absolute Gasteiger partial charge is 0.264 e. The topological polar surface area (TPSA) is 93.2 Å². The average molecular weight is 425 g/mol. The summed E-state index contributed by atoms with van der Waals surface area (Å²) in [6, 6.07) is 9.08. The van der Waals surface area contributed by atoms with Crippen molar-refractivity contribution in [2.45, 2.75) is 16.2 Å². The standard InChI is InChI=1S/C18H20N2O6S2/c1-19(2)27(21,22)14-3-5-16-13(11-14)7-8-20(16)28(23,24)15-4-6-17-18(12-15)26-10-9-25-17/h3-6,11-12H,7-10H2,1-2H3. The van der Waals surface area contributed by atoms with Gasteiger partial charge in [-0.3, -0.25) is 4.31 Å². The number of hydrogen-bond donors (Lipinski definition) is 0. The molecule has 0 bridgehead atoms. The zero-order chi connectivity index (χ0) is 20.1. The third-order valence-electron chi connectivity index (χ3n) is 4.78. The van der Waals surface area contributed by atoms with Gasteiger partial charge in [-0.05, 0) is 42.3 Å². The predicted octanol–water partition coefficient (Wildman–Crippen LogP) is 1.46. The number of fused-ring (bicyclic) bond motifs is 2. The van der Waals surface area contributed by atoms with Gasteiger partial charge >= 0.3 is 0 Å². The van der Waals surface area contributed by atoms with Crippen LogP contribution in [0.3, 0.4) is 0 Å². The Bertz CT molecular complexity index is 1140. The second-order valence-electron chi connectivity index (χ2n) is 6.71. The molecule has 0 radical (unpaired) electrons. The number of anilines is 1. The molecule has 0 unspecified atom stereocenters. The summed E-state index contributed by atoms with van der Waals surface area (Å²) in [7, 11) is -4.47. The van der Waals surface area contributed by atoms with E-state index in [1.165, 1.54) is 36.6 Å². The molecule has 2 aromatic carbocycles. The fourth-order valence-corrected chi connectivity index (χ4v) is 5.75. The van der Waals surface area contributed by atoms with Crippen LogP contribution in [0.5, 0.6) is 11.5 Å². The second-order valence-corrected chi connectivity index (χ2v) is 10.7. The van der Waals surface area contributed by atoms with Crippen LogP contribution < -0.4 is 13.8 Å². The molecule has 150 valence electrons. The highest BCUT2D eigenvalue weighted by Crippen LogP contribution is 2.37. The van der Waals surface area contributed by atoms with E-state index in [4.69, 9.17) is 9.47 Å². The highest BCUT2D eigenvalue weighted by atomic mass is 32.2. The van der Waals surface area contributed by atoms with Crippen molar-refractivity contribution in [2.24, 2.45) is 0 Å². The molecular formula is C18H20N2O6S2. The zero-order valence-corrected chi connectivity index (χ0v) is 17.1. The first kappa shape index (κ1) is 19.0. The van der Waals surface area contributed by atoms with E-state index in [-0.39, 0.29) is 16.3 Å². The van der Waals surface area contributed by atoms with Gasteiger partial charge in [0.25, 0.3) is 10.0 Å². The first-order valence-corrected chi connectivity index (χ1v) is 11.6. The van der Waals surface area contributed by atoms with Gasteiger partial charge in [-0.1, -0.05) is 0 Å². The van der Waals surface area contributed by atoms with Crippen molar-refractivity contribution in [1.82, 2.24) is 4.31 Å². The minimum absolute atomic E-state index is 0.106. The lowest BCUT2D eigenvalue weighted by atomic mass is 10.2. The van der Waals surface area contributed by atoms with Gasteiger partial charge in [0.2, 0.25) is 10.0 Å². The summed E-state index contributed by atoms with van der Waals surface area (Å²) in [4.78, 5) is 0.254. The molecule has 2 aliphatic rings. The lowest BCUT2D eigenvalue weighted by molar-refractivity contribution is 0.171. The fraction of sp³-hybridized carbons (Fsp3) is 0.333. The molecule has 2 aromatic rings. The minimum atomic E-state index is -3.81. The van der Waals surface area contributed by atoms with Gasteiger partial charge in [-0.25, -0.2) is 21.1 Å². The fourth-order valence-electron chi connectivity index (χ4n) is 3.28. The van der Waals surface area contributed by atoms with Crippen molar-refractivity contribution in [3.63, 3.8) is 0 Å². The average Bonchev–Trinajstić information content (AvgIpc) is 3.11. The Balaban J connectivity index is 1.71. The van der Waals surface area contributed by atoms with Crippen LogP contribution in [-0.2, 0) is 26.5 Å². The number of sulfonamides is 2. The van der Waals surface area contributed by atoms with Gasteiger partial charge in [0.1, 0.15) is 13.2 Å². The van der Waals surface area contributed by atoms with Gasteiger partial charge in [0.15, 0.2) is 11.5 Å². The summed E-state index contributed by atoms with van der Waals surface area (Å²) in [6.07, 6.45) is 0.440. The number of benzene rings is 2. The molecule has 4 rings (SSSR count). The summed E-state index contributed by atoms with van der Waals surface area (Å²) in [6.45, 7) is 1.04. The van der Waals surface area contributed by atoms with Crippen molar-refractivity contribution in [3.8, 4) is 11.5 Å². The first-order valence-electron chi connectivity index (χ1n) is 8.69. The Morgan fingerprint density at radius 3 is 2.29 bits per heavy atom. The molecule has 2 aliphatic heterocycles. The van der Waals surface area contributed by atoms with Gasteiger partial charge in [-0.2, -0.15) is 0 Å². The van der Waals surface area contributed by atoms with E-state index in [9.17, 15) is 16.8 Å². The van der Waals surface area contributed by atoms with E-state index in [0.29, 0.717) is 42.4 Å². The molecule has 2 heterocycles. The van der Waals surface area contributed by atoms with E-state index in [1.54, 1.807) is 18.2 Å². The molecule has 0 fully saturated rings. The monoisotopic (exact) mass is 424 g/mol. The summed E-state index contributed by atoms with van der Waals surface area (Å²) in [5, 5.41) is 0. The van der Waals surface area contributed by atoms with Crippen molar-refractivity contribution in [2.75, 3.05) is 38.2 Å². The van der Waals surface area contributed by atoms with Crippen LogP contribution in [0.2, 0.25) is 0 Å². The summed E-state index contributed by atoms with van der Waals surface area (Å²) in [5.74, 6) is 0.921. The molecule has 0 amide bonds. The first-order chi connectivity index (χ1) is 13.2. The predicted molar refractivity (Wildman–Crippen MR) is 103 cm³/mol. The quantitative estimate of drug-likeness (QED) is 0.738. The van der Waals surface area contributed by atoms with E-state index in [2.05, 4.69) is 0 Å². The number of hydrogen-bond acceptors (Lipinski definition) is 6.